The number of nitrogens with zero attached hydrogens (tertiary/aromatic N) is 2. The van der Waals surface area contributed by atoms with E-state index in [-0.39, 0.29) is 12.1 Å². The van der Waals surface area contributed by atoms with Crippen LogP contribution < -0.4 is 5.32 Å². The van der Waals surface area contributed by atoms with Gasteiger partial charge in [-0.05, 0) is 51.1 Å². The van der Waals surface area contributed by atoms with Gasteiger partial charge in [-0.3, -0.25) is 9.69 Å². The molecule has 1 aromatic heterocycles. The molecule has 0 saturated heterocycles. The van der Waals surface area contributed by atoms with Gasteiger partial charge in [-0.1, -0.05) is 44.2 Å². The zero-order chi connectivity index (χ0) is 18.8. The highest BCUT2D eigenvalue weighted by molar-refractivity contribution is 6.11. The van der Waals surface area contributed by atoms with Gasteiger partial charge in [-0.25, -0.2) is 0 Å². The molecule has 0 aliphatic carbocycles. The number of para-hydroxylation sites is 1. The van der Waals surface area contributed by atoms with Gasteiger partial charge < -0.3 is 9.88 Å². The molecule has 26 heavy (non-hydrogen) atoms. The number of carbonyl (C=O) groups is 1. The summed E-state index contributed by atoms with van der Waals surface area (Å²) in [5, 5.41) is 5.62. The van der Waals surface area contributed by atoms with Crippen LogP contribution in [0.2, 0.25) is 0 Å². The summed E-state index contributed by atoms with van der Waals surface area (Å²) >= 11 is 0. The molecule has 0 bridgehead atoms. The topological polar surface area (TPSA) is 37.3 Å². The fourth-order valence-electron chi connectivity index (χ4n) is 3.97. The minimum Gasteiger partial charge on any atom is -0.339 e. The Morgan fingerprint density at radius 3 is 2.42 bits per heavy atom. The molecule has 1 unspecified atom stereocenters. The second kappa shape index (κ2) is 7.50. The van der Waals surface area contributed by atoms with E-state index in [1.54, 1.807) is 0 Å². The Morgan fingerprint density at radius 2 is 1.73 bits per heavy atom. The molecular formula is C22H29N3O. The second-order valence-corrected chi connectivity index (χ2v) is 6.99. The van der Waals surface area contributed by atoms with Crippen molar-refractivity contribution in [2.45, 2.75) is 47.3 Å². The number of fused-ring (bicyclic) bond motifs is 3. The van der Waals surface area contributed by atoms with Crippen LogP contribution in [-0.4, -0.2) is 34.6 Å². The van der Waals surface area contributed by atoms with Crippen molar-refractivity contribution in [3.63, 3.8) is 0 Å². The smallest absolute Gasteiger partial charge is 0.241 e. The maximum atomic E-state index is 12.8. The molecule has 2 aromatic carbocycles. The van der Waals surface area contributed by atoms with Crippen LogP contribution in [0.5, 0.6) is 0 Å². The Hall–Kier alpha value is -2.33. The predicted molar refractivity (Wildman–Crippen MR) is 109 cm³/mol. The quantitative estimate of drug-likeness (QED) is 0.675. The lowest BCUT2D eigenvalue weighted by atomic mass is 10.0. The number of hydrogen-bond acceptors (Lipinski definition) is 2. The SMILES string of the molecule is CCN(CC)C(C)NC(=O)Cn1c2ccccc2c2c(C)ccc(C)c21. The van der Waals surface area contributed by atoms with Gasteiger partial charge in [0.2, 0.25) is 5.91 Å². The Balaban J connectivity index is 2.02. The summed E-state index contributed by atoms with van der Waals surface area (Å²) in [6.45, 7) is 12.7. The van der Waals surface area contributed by atoms with Crippen LogP contribution in [-0.2, 0) is 11.3 Å². The van der Waals surface area contributed by atoms with Gasteiger partial charge in [0.1, 0.15) is 6.54 Å². The average molecular weight is 351 g/mol. The van der Waals surface area contributed by atoms with Gasteiger partial charge in [0, 0.05) is 16.3 Å². The van der Waals surface area contributed by atoms with Crippen molar-refractivity contribution in [3.8, 4) is 0 Å². The van der Waals surface area contributed by atoms with Gasteiger partial charge in [0.25, 0.3) is 0 Å². The molecule has 1 heterocycles. The Labute approximate surface area is 155 Å². The molecular weight excluding hydrogens is 322 g/mol. The number of hydrogen-bond donors (Lipinski definition) is 1. The monoisotopic (exact) mass is 351 g/mol. The summed E-state index contributed by atoms with van der Waals surface area (Å²) in [4.78, 5) is 15.0. The standard InChI is InChI=1S/C22H29N3O/c1-6-24(7-2)17(5)23-20(26)14-25-19-11-9-8-10-18(19)21-15(3)12-13-16(4)22(21)25/h8-13,17H,6-7,14H2,1-5H3,(H,23,26). The number of aromatic nitrogens is 1. The maximum absolute atomic E-state index is 12.8. The van der Waals surface area contributed by atoms with E-state index in [1.165, 1.54) is 21.9 Å². The summed E-state index contributed by atoms with van der Waals surface area (Å²) in [7, 11) is 0. The third-order valence-electron chi connectivity index (χ3n) is 5.35. The Morgan fingerprint density at radius 1 is 1.08 bits per heavy atom. The molecule has 0 saturated carbocycles. The third kappa shape index (κ3) is 3.21. The van der Waals surface area contributed by atoms with Crippen LogP contribution in [0.25, 0.3) is 21.8 Å². The number of carbonyl (C=O) groups excluding carboxylic acids is 1. The molecule has 3 rings (SSSR count). The van der Waals surface area contributed by atoms with Gasteiger partial charge >= 0.3 is 0 Å². The van der Waals surface area contributed by atoms with E-state index in [0.717, 1.165) is 24.1 Å². The lowest BCUT2D eigenvalue weighted by Gasteiger charge is -2.27. The van der Waals surface area contributed by atoms with Crippen LogP contribution in [0, 0.1) is 13.8 Å². The van der Waals surface area contributed by atoms with E-state index in [2.05, 4.69) is 72.8 Å². The van der Waals surface area contributed by atoms with Gasteiger partial charge in [-0.15, -0.1) is 0 Å². The second-order valence-electron chi connectivity index (χ2n) is 6.99. The molecule has 1 amide bonds. The number of rotatable bonds is 6. The minimum absolute atomic E-state index is 0.0356. The molecule has 4 nitrogen and oxygen atoms in total. The van der Waals surface area contributed by atoms with Crippen molar-refractivity contribution in [1.82, 2.24) is 14.8 Å². The van der Waals surface area contributed by atoms with Crippen LogP contribution in [0.1, 0.15) is 31.9 Å². The molecule has 138 valence electrons. The van der Waals surface area contributed by atoms with Crippen molar-refractivity contribution >= 4 is 27.7 Å². The fourth-order valence-corrected chi connectivity index (χ4v) is 3.97. The lowest BCUT2D eigenvalue weighted by Crippen LogP contribution is -2.47. The van der Waals surface area contributed by atoms with Crippen LogP contribution >= 0.6 is 0 Å². The third-order valence-corrected chi connectivity index (χ3v) is 5.35. The van der Waals surface area contributed by atoms with E-state index in [9.17, 15) is 4.79 Å². The van der Waals surface area contributed by atoms with Crippen molar-refractivity contribution in [2.75, 3.05) is 13.1 Å². The zero-order valence-electron chi connectivity index (χ0n) is 16.5. The molecule has 0 aliphatic heterocycles. The van der Waals surface area contributed by atoms with Crippen molar-refractivity contribution in [2.24, 2.45) is 0 Å². The van der Waals surface area contributed by atoms with Crippen molar-refractivity contribution < 1.29 is 4.79 Å². The van der Waals surface area contributed by atoms with E-state index >= 15 is 0 Å². The first-order chi connectivity index (χ1) is 12.5. The normalized spacial score (nSPS) is 12.8. The highest BCUT2D eigenvalue weighted by atomic mass is 16.2. The summed E-state index contributed by atoms with van der Waals surface area (Å²) in [6.07, 6.45) is 0.0356. The summed E-state index contributed by atoms with van der Waals surface area (Å²) in [6, 6.07) is 12.7. The van der Waals surface area contributed by atoms with E-state index in [1.807, 2.05) is 13.0 Å². The van der Waals surface area contributed by atoms with Gasteiger partial charge in [0.05, 0.1) is 11.7 Å². The number of amides is 1. The van der Waals surface area contributed by atoms with Crippen molar-refractivity contribution in [3.05, 3.63) is 47.5 Å². The van der Waals surface area contributed by atoms with E-state index < -0.39 is 0 Å². The average Bonchev–Trinajstić information content (AvgIpc) is 2.95. The molecule has 0 radical (unpaired) electrons. The molecule has 3 aromatic rings. The molecule has 0 fully saturated rings. The van der Waals surface area contributed by atoms with Crippen LogP contribution in [0.4, 0.5) is 0 Å². The van der Waals surface area contributed by atoms with Gasteiger partial charge in [0.15, 0.2) is 0 Å². The number of nitrogens with one attached hydrogen (secondary N) is 1. The van der Waals surface area contributed by atoms with E-state index in [0.29, 0.717) is 6.54 Å². The number of aryl methyl sites for hydroxylation is 2. The Bertz CT molecular complexity index is 937. The molecule has 0 spiro atoms. The summed E-state index contributed by atoms with van der Waals surface area (Å²) in [5.74, 6) is 0.0490. The number of benzene rings is 2. The van der Waals surface area contributed by atoms with Gasteiger partial charge in [-0.2, -0.15) is 0 Å². The highest BCUT2D eigenvalue weighted by Crippen LogP contribution is 2.33. The van der Waals surface area contributed by atoms with E-state index in [4.69, 9.17) is 0 Å². The zero-order valence-corrected chi connectivity index (χ0v) is 16.5. The van der Waals surface area contributed by atoms with Crippen LogP contribution in [0.15, 0.2) is 36.4 Å². The summed E-state index contributed by atoms with van der Waals surface area (Å²) in [5.41, 5.74) is 4.73. The van der Waals surface area contributed by atoms with Crippen molar-refractivity contribution in [1.29, 1.82) is 0 Å². The first kappa shape index (κ1) is 18.5. The largest absolute Gasteiger partial charge is 0.339 e. The molecule has 1 N–H and O–H groups in total. The highest BCUT2D eigenvalue weighted by Gasteiger charge is 2.18. The molecule has 4 heteroatoms. The molecule has 1 atom stereocenters. The first-order valence-electron chi connectivity index (χ1n) is 9.48. The lowest BCUT2D eigenvalue weighted by molar-refractivity contribution is -0.123. The minimum atomic E-state index is 0.0356. The van der Waals surface area contributed by atoms with Crippen LogP contribution in [0.3, 0.4) is 0 Å². The maximum Gasteiger partial charge on any atom is 0.241 e. The molecule has 0 aliphatic rings. The summed E-state index contributed by atoms with van der Waals surface area (Å²) < 4.78 is 2.16. The fraction of sp³-hybridized carbons (Fsp3) is 0.409. The first-order valence-corrected chi connectivity index (χ1v) is 9.48. The predicted octanol–water partition coefficient (Wildman–Crippen LogP) is 4.22. The Kier molecular flexibility index (Phi) is 5.33.